The smallest absolute Gasteiger partial charge is 0.260 e. The van der Waals surface area contributed by atoms with Crippen LogP contribution in [0.2, 0.25) is 0 Å². The summed E-state index contributed by atoms with van der Waals surface area (Å²) in [7, 11) is 3.62. The third-order valence-corrected chi connectivity index (χ3v) is 1.34. The highest BCUT2D eigenvalue weighted by molar-refractivity contribution is 7.80. The first-order chi connectivity index (χ1) is 4.57. The summed E-state index contributed by atoms with van der Waals surface area (Å²) < 4.78 is 5.08. The Kier molecular flexibility index (Phi) is 3.82. The number of terminal acetylenes is 1. The molecule has 56 valence electrons. The minimum Gasteiger partial charge on any atom is -0.455 e. The minimum absolute atomic E-state index is 0.241. The van der Waals surface area contributed by atoms with Crippen molar-refractivity contribution in [2.45, 2.75) is 13.0 Å². The Morgan fingerprint density at radius 2 is 2.20 bits per heavy atom. The topological polar surface area (TPSA) is 12.5 Å². The van der Waals surface area contributed by atoms with E-state index in [9.17, 15) is 0 Å². The van der Waals surface area contributed by atoms with Crippen molar-refractivity contribution in [3.05, 3.63) is 0 Å². The molecule has 0 aliphatic heterocycles. The average Bonchev–Trinajstić information content (AvgIpc) is 1.87. The van der Waals surface area contributed by atoms with E-state index in [2.05, 4.69) is 5.92 Å². The Hall–Kier alpha value is -0.750. The van der Waals surface area contributed by atoms with Crippen molar-refractivity contribution in [2.24, 2.45) is 0 Å². The Balaban J connectivity index is 3.71. The fraction of sp³-hybridized carbons (Fsp3) is 0.571. The largest absolute Gasteiger partial charge is 0.455 e. The molecule has 0 radical (unpaired) electrons. The van der Waals surface area contributed by atoms with E-state index in [0.717, 1.165) is 0 Å². The second-order valence-electron chi connectivity index (χ2n) is 2.09. The number of ether oxygens (including phenoxy) is 1. The second kappa shape index (κ2) is 4.13. The highest BCUT2D eigenvalue weighted by atomic mass is 32.1. The van der Waals surface area contributed by atoms with Gasteiger partial charge in [-0.05, 0) is 19.1 Å². The summed E-state index contributed by atoms with van der Waals surface area (Å²) in [5.41, 5.74) is 0. The predicted octanol–water partition coefficient (Wildman–Crippen LogP) is 0.871. The van der Waals surface area contributed by atoms with Crippen molar-refractivity contribution in [3.8, 4) is 12.3 Å². The molecule has 10 heavy (non-hydrogen) atoms. The van der Waals surface area contributed by atoms with Crippen molar-refractivity contribution in [2.75, 3.05) is 14.1 Å². The van der Waals surface area contributed by atoms with Gasteiger partial charge in [0, 0.05) is 14.1 Å². The lowest BCUT2D eigenvalue weighted by atomic mass is 10.4. The highest BCUT2D eigenvalue weighted by Crippen LogP contribution is 1.92. The Morgan fingerprint density at radius 1 is 1.70 bits per heavy atom. The van der Waals surface area contributed by atoms with Crippen LogP contribution >= 0.6 is 12.2 Å². The van der Waals surface area contributed by atoms with Crippen LogP contribution in [0, 0.1) is 12.3 Å². The minimum atomic E-state index is -0.241. The van der Waals surface area contributed by atoms with Crippen LogP contribution in [0.4, 0.5) is 0 Å². The van der Waals surface area contributed by atoms with E-state index in [-0.39, 0.29) is 6.10 Å². The molecule has 0 aromatic carbocycles. The van der Waals surface area contributed by atoms with Gasteiger partial charge < -0.3 is 9.64 Å². The molecule has 0 bridgehead atoms. The van der Waals surface area contributed by atoms with Gasteiger partial charge in [0.1, 0.15) is 0 Å². The number of nitrogens with zero attached hydrogens (tertiary/aromatic N) is 1. The lowest BCUT2D eigenvalue weighted by Gasteiger charge is -2.15. The van der Waals surface area contributed by atoms with Gasteiger partial charge in [-0.25, -0.2) is 0 Å². The summed E-state index contributed by atoms with van der Waals surface area (Å²) in [6, 6.07) is 0. The van der Waals surface area contributed by atoms with Gasteiger partial charge in [0.15, 0.2) is 6.10 Å². The van der Waals surface area contributed by atoms with Crippen LogP contribution in [0.1, 0.15) is 6.92 Å². The third kappa shape index (κ3) is 3.31. The molecule has 0 aromatic rings. The van der Waals surface area contributed by atoms with Crippen molar-refractivity contribution >= 4 is 17.4 Å². The van der Waals surface area contributed by atoms with Gasteiger partial charge in [-0.3, -0.25) is 0 Å². The zero-order valence-electron chi connectivity index (χ0n) is 6.42. The second-order valence-corrected chi connectivity index (χ2v) is 2.44. The molecule has 1 unspecified atom stereocenters. The van der Waals surface area contributed by atoms with Gasteiger partial charge in [0.2, 0.25) is 0 Å². The van der Waals surface area contributed by atoms with Crippen LogP contribution < -0.4 is 0 Å². The van der Waals surface area contributed by atoms with E-state index in [1.807, 2.05) is 14.1 Å². The molecule has 0 aliphatic rings. The molecule has 3 heteroatoms. The van der Waals surface area contributed by atoms with E-state index >= 15 is 0 Å². The molecule has 2 nitrogen and oxygen atoms in total. The van der Waals surface area contributed by atoms with Crippen LogP contribution in [-0.4, -0.2) is 30.3 Å². The summed E-state index contributed by atoms with van der Waals surface area (Å²) in [5, 5.41) is 0.422. The standard InChI is InChI=1S/C7H11NOS/c1-5-6(2)9-7(10)8(3)4/h1,6H,2-4H3. The lowest BCUT2D eigenvalue weighted by molar-refractivity contribution is 0.235. The van der Waals surface area contributed by atoms with Crippen LogP contribution in [0.15, 0.2) is 0 Å². The Bertz CT molecular complexity index is 159. The Morgan fingerprint density at radius 3 is 2.50 bits per heavy atom. The monoisotopic (exact) mass is 157 g/mol. The quantitative estimate of drug-likeness (QED) is 0.414. The third-order valence-electron chi connectivity index (χ3n) is 0.877. The van der Waals surface area contributed by atoms with Crippen LogP contribution in [0.3, 0.4) is 0 Å². The fourth-order valence-electron chi connectivity index (χ4n) is 0.291. The molecule has 0 aromatic heterocycles. The van der Waals surface area contributed by atoms with Gasteiger partial charge in [-0.15, -0.1) is 6.42 Å². The van der Waals surface area contributed by atoms with Gasteiger partial charge in [0.05, 0.1) is 0 Å². The van der Waals surface area contributed by atoms with Crippen molar-refractivity contribution in [1.29, 1.82) is 0 Å². The van der Waals surface area contributed by atoms with Crippen molar-refractivity contribution in [1.82, 2.24) is 4.90 Å². The van der Waals surface area contributed by atoms with Crippen LogP contribution in [0.5, 0.6) is 0 Å². The van der Waals surface area contributed by atoms with E-state index < -0.39 is 0 Å². The lowest BCUT2D eigenvalue weighted by Crippen LogP contribution is -2.25. The molecule has 0 heterocycles. The van der Waals surface area contributed by atoms with Gasteiger partial charge in [0.25, 0.3) is 5.17 Å². The highest BCUT2D eigenvalue weighted by Gasteiger charge is 2.02. The number of hydrogen-bond donors (Lipinski definition) is 0. The fourth-order valence-corrected chi connectivity index (χ4v) is 0.435. The maximum atomic E-state index is 5.08. The average molecular weight is 157 g/mol. The van der Waals surface area contributed by atoms with Gasteiger partial charge in [-0.1, -0.05) is 5.92 Å². The van der Waals surface area contributed by atoms with E-state index in [4.69, 9.17) is 23.4 Å². The van der Waals surface area contributed by atoms with E-state index in [1.54, 1.807) is 11.8 Å². The summed E-state index contributed by atoms with van der Waals surface area (Å²) in [6.45, 7) is 1.77. The normalized spacial score (nSPS) is 11.4. The summed E-state index contributed by atoms with van der Waals surface area (Å²) >= 11 is 4.83. The maximum absolute atomic E-state index is 5.08. The van der Waals surface area contributed by atoms with E-state index in [0.29, 0.717) is 5.17 Å². The number of rotatable bonds is 1. The van der Waals surface area contributed by atoms with Crippen molar-refractivity contribution in [3.63, 3.8) is 0 Å². The zero-order valence-corrected chi connectivity index (χ0v) is 7.23. The molecule has 0 N–H and O–H groups in total. The molecule has 0 aliphatic carbocycles. The number of thiocarbonyl (C=S) groups is 1. The number of hydrogen-bond acceptors (Lipinski definition) is 2. The van der Waals surface area contributed by atoms with Crippen molar-refractivity contribution < 1.29 is 4.74 Å². The molecule has 1 atom stereocenters. The van der Waals surface area contributed by atoms with Gasteiger partial charge in [-0.2, -0.15) is 0 Å². The molecule has 0 spiro atoms. The first kappa shape index (κ1) is 9.25. The first-order valence-electron chi connectivity index (χ1n) is 2.92. The molecular weight excluding hydrogens is 146 g/mol. The Labute approximate surface area is 67.2 Å². The SMILES string of the molecule is C#CC(C)OC(=S)N(C)C. The van der Waals surface area contributed by atoms with Crippen LogP contribution in [-0.2, 0) is 4.74 Å². The predicted molar refractivity (Wildman–Crippen MR) is 45.7 cm³/mol. The summed E-state index contributed by atoms with van der Waals surface area (Å²) in [5.74, 6) is 2.41. The molecule has 0 amide bonds. The summed E-state index contributed by atoms with van der Waals surface area (Å²) in [4.78, 5) is 1.70. The molecule has 0 rings (SSSR count). The maximum Gasteiger partial charge on any atom is 0.260 e. The molecule has 0 fully saturated rings. The first-order valence-corrected chi connectivity index (χ1v) is 3.32. The van der Waals surface area contributed by atoms with E-state index in [1.165, 1.54) is 0 Å². The summed E-state index contributed by atoms with van der Waals surface area (Å²) in [6.07, 6.45) is 4.83. The molecule has 0 saturated carbocycles. The molecular formula is C7H11NOS. The van der Waals surface area contributed by atoms with Crippen LogP contribution in [0.25, 0.3) is 0 Å². The van der Waals surface area contributed by atoms with Gasteiger partial charge >= 0.3 is 0 Å². The molecule has 0 saturated heterocycles. The zero-order chi connectivity index (χ0) is 8.15.